The van der Waals surface area contributed by atoms with Crippen molar-refractivity contribution in [2.24, 2.45) is 5.84 Å². The van der Waals surface area contributed by atoms with Gasteiger partial charge < -0.3 is 0 Å². The zero-order chi connectivity index (χ0) is 11.0. The van der Waals surface area contributed by atoms with Gasteiger partial charge in [-0.25, -0.2) is 10.2 Å². The number of hydrazine groups is 1. The molecule has 2 rings (SSSR count). The van der Waals surface area contributed by atoms with Gasteiger partial charge in [0, 0.05) is 16.5 Å². The molecule has 1 unspecified atom stereocenters. The first-order valence-corrected chi connectivity index (χ1v) is 5.40. The lowest BCUT2D eigenvalue weighted by atomic mass is 10.0. The van der Waals surface area contributed by atoms with Crippen LogP contribution in [0.1, 0.15) is 24.4 Å². The maximum Gasteiger partial charge on any atom is 0.237 e. The van der Waals surface area contributed by atoms with Crippen molar-refractivity contribution in [1.82, 2.24) is 5.01 Å². The van der Waals surface area contributed by atoms with E-state index >= 15 is 0 Å². The minimum absolute atomic E-state index is 0.137. The van der Waals surface area contributed by atoms with Gasteiger partial charge >= 0.3 is 0 Å². The van der Waals surface area contributed by atoms with Crippen LogP contribution in [-0.4, -0.2) is 10.9 Å². The molecule has 0 aromatic heterocycles. The Labute approximate surface area is 95.1 Å². The topological polar surface area (TPSA) is 46.3 Å². The van der Waals surface area contributed by atoms with Crippen LogP contribution in [0.2, 0.25) is 0 Å². The second kappa shape index (κ2) is 3.90. The Morgan fingerprint density at radius 2 is 2.27 bits per heavy atom. The van der Waals surface area contributed by atoms with Gasteiger partial charge in [0.25, 0.3) is 0 Å². The van der Waals surface area contributed by atoms with E-state index in [0.717, 1.165) is 5.01 Å². The summed E-state index contributed by atoms with van der Waals surface area (Å²) in [6, 6.07) is 4.45. The number of hydrogen-bond donors (Lipinski definition) is 1. The molecule has 15 heavy (non-hydrogen) atoms. The molecule has 0 spiro atoms. The number of nitrogens with two attached hydrogens (primary N) is 1. The molecule has 1 saturated heterocycles. The van der Waals surface area contributed by atoms with Crippen molar-refractivity contribution in [3.05, 3.63) is 34.1 Å². The minimum atomic E-state index is -0.334. The lowest BCUT2D eigenvalue weighted by Crippen LogP contribution is -2.34. The molecule has 1 aliphatic heterocycles. The summed E-state index contributed by atoms with van der Waals surface area (Å²) in [5, 5.41) is 1.12. The number of benzene rings is 1. The van der Waals surface area contributed by atoms with Crippen LogP contribution in [0, 0.1) is 5.82 Å². The highest BCUT2D eigenvalue weighted by Gasteiger charge is 2.31. The maximum atomic E-state index is 13.6. The average Bonchev–Trinajstić information content (AvgIpc) is 2.49. The SMILES string of the molecule is NN1C(=O)CCC1c1ccc(Br)cc1F. The zero-order valence-corrected chi connectivity index (χ0v) is 9.50. The van der Waals surface area contributed by atoms with E-state index < -0.39 is 0 Å². The lowest BCUT2D eigenvalue weighted by Gasteiger charge is -2.19. The quantitative estimate of drug-likeness (QED) is 0.629. The molecule has 1 aliphatic rings. The third-order valence-electron chi connectivity index (χ3n) is 2.58. The first-order valence-electron chi connectivity index (χ1n) is 4.61. The van der Waals surface area contributed by atoms with Gasteiger partial charge in [-0.3, -0.25) is 9.80 Å². The fourth-order valence-electron chi connectivity index (χ4n) is 1.78. The molecule has 0 saturated carbocycles. The number of hydrogen-bond acceptors (Lipinski definition) is 2. The fraction of sp³-hybridized carbons (Fsp3) is 0.300. The largest absolute Gasteiger partial charge is 0.273 e. The summed E-state index contributed by atoms with van der Waals surface area (Å²) in [5.74, 6) is 5.10. The molecule has 1 heterocycles. The summed E-state index contributed by atoms with van der Waals surface area (Å²) in [6.07, 6.45) is 0.963. The summed E-state index contributed by atoms with van der Waals surface area (Å²) in [4.78, 5) is 11.2. The third kappa shape index (κ3) is 1.89. The van der Waals surface area contributed by atoms with E-state index in [2.05, 4.69) is 15.9 Å². The molecule has 0 radical (unpaired) electrons. The van der Waals surface area contributed by atoms with Gasteiger partial charge in [0.05, 0.1) is 6.04 Å². The summed E-state index contributed by atoms with van der Waals surface area (Å²) in [6.45, 7) is 0. The molecule has 1 aromatic rings. The number of carbonyl (C=O) groups excluding carboxylic acids is 1. The Balaban J connectivity index is 2.34. The predicted molar refractivity (Wildman–Crippen MR) is 57.1 cm³/mol. The van der Waals surface area contributed by atoms with Gasteiger partial charge in [0.15, 0.2) is 0 Å². The van der Waals surface area contributed by atoms with Crippen molar-refractivity contribution < 1.29 is 9.18 Å². The normalized spacial score (nSPS) is 21.1. The summed E-state index contributed by atoms with van der Waals surface area (Å²) >= 11 is 3.18. The van der Waals surface area contributed by atoms with E-state index in [-0.39, 0.29) is 17.8 Å². The molecule has 0 aliphatic carbocycles. The Kier molecular flexibility index (Phi) is 2.75. The van der Waals surface area contributed by atoms with Crippen LogP contribution in [0.25, 0.3) is 0 Å². The number of halogens is 2. The highest BCUT2D eigenvalue weighted by atomic mass is 79.9. The van der Waals surface area contributed by atoms with Crippen molar-refractivity contribution in [3.8, 4) is 0 Å². The number of amides is 1. The molecule has 1 atom stereocenters. The van der Waals surface area contributed by atoms with Gasteiger partial charge in [0.2, 0.25) is 5.91 Å². The smallest absolute Gasteiger partial charge is 0.237 e. The van der Waals surface area contributed by atoms with Crippen molar-refractivity contribution in [2.75, 3.05) is 0 Å². The van der Waals surface area contributed by atoms with Gasteiger partial charge in [-0.05, 0) is 18.6 Å². The van der Waals surface area contributed by atoms with Crippen molar-refractivity contribution >= 4 is 21.8 Å². The van der Waals surface area contributed by atoms with Gasteiger partial charge in [-0.2, -0.15) is 0 Å². The van der Waals surface area contributed by atoms with E-state index in [1.807, 2.05) is 0 Å². The molecule has 80 valence electrons. The van der Waals surface area contributed by atoms with Gasteiger partial charge in [-0.1, -0.05) is 22.0 Å². The van der Waals surface area contributed by atoms with Crippen LogP contribution in [-0.2, 0) is 4.79 Å². The first kappa shape index (κ1) is 10.6. The lowest BCUT2D eigenvalue weighted by molar-refractivity contribution is -0.129. The first-order chi connectivity index (χ1) is 7.09. The Morgan fingerprint density at radius 3 is 2.80 bits per heavy atom. The van der Waals surface area contributed by atoms with E-state index in [4.69, 9.17) is 5.84 Å². The molecule has 3 nitrogen and oxygen atoms in total. The van der Waals surface area contributed by atoms with Crippen LogP contribution in [0.15, 0.2) is 22.7 Å². The van der Waals surface area contributed by atoms with Crippen LogP contribution >= 0.6 is 15.9 Å². The molecule has 1 aromatic carbocycles. The molecule has 2 N–H and O–H groups in total. The highest BCUT2D eigenvalue weighted by molar-refractivity contribution is 9.10. The van der Waals surface area contributed by atoms with E-state index in [9.17, 15) is 9.18 Å². The second-order valence-corrected chi connectivity index (χ2v) is 4.44. The summed E-state index contributed by atoms with van der Waals surface area (Å²) < 4.78 is 14.3. The highest BCUT2D eigenvalue weighted by Crippen LogP contribution is 2.32. The molecule has 0 bridgehead atoms. The van der Waals surface area contributed by atoms with Gasteiger partial charge in [0.1, 0.15) is 5.82 Å². The van der Waals surface area contributed by atoms with E-state index in [0.29, 0.717) is 22.9 Å². The fourth-order valence-corrected chi connectivity index (χ4v) is 2.11. The Hall–Kier alpha value is -0.940. The van der Waals surface area contributed by atoms with Crippen molar-refractivity contribution in [3.63, 3.8) is 0 Å². The molecular formula is C10H10BrFN2O. The number of nitrogens with zero attached hydrogens (tertiary/aromatic N) is 1. The second-order valence-electron chi connectivity index (χ2n) is 3.52. The van der Waals surface area contributed by atoms with E-state index in [1.54, 1.807) is 12.1 Å². The van der Waals surface area contributed by atoms with Crippen LogP contribution in [0.5, 0.6) is 0 Å². The third-order valence-corrected chi connectivity index (χ3v) is 3.07. The van der Waals surface area contributed by atoms with Crippen LogP contribution < -0.4 is 5.84 Å². The van der Waals surface area contributed by atoms with Crippen molar-refractivity contribution in [1.29, 1.82) is 0 Å². The summed E-state index contributed by atoms with van der Waals surface area (Å²) in [7, 11) is 0. The minimum Gasteiger partial charge on any atom is -0.273 e. The van der Waals surface area contributed by atoms with E-state index in [1.165, 1.54) is 6.07 Å². The average molecular weight is 273 g/mol. The molecule has 1 amide bonds. The number of carbonyl (C=O) groups is 1. The predicted octanol–water partition coefficient (Wildman–Crippen LogP) is 2.13. The standard InChI is InChI=1S/C10H10BrFN2O/c11-6-1-2-7(8(12)5-6)9-3-4-10(15)14(9)13/h1-2,5,9H,3-4,13H2. The Bertz CT molecular complexity index is 410. The zero-order valence-electron chi connectivity index (χ0n) is 7.91. The van der Waals surface area contributed by atoms with Crippen molar-refractivity contribution in [2.45, 2.75) is 18.9 Å². The van der Waals surface area contributed by atoms with Crippen LogP contribution in [0.4, 0.5) is 4.39 Å². The summed E-state index contributed by atoms with van der Waals surface area (Å²) in [5.41, 5.74) is 0.478. The molecule has 1 fully saturated rings. The van der Waals surface area contributed by atoms with Crippen LogP contribution in [0.3, 0.4) is 0 Å². The molecule has 5 heteroatoms. The maximum absolute atomic E-state index is 13.6. The number of rotatable bonds is 1. The monoisotopic (exact) mass is 272 g/mol. The molecular weight excluding hydrogens is 263 g/mol. The Morgan fingerprint density at radius 1 is 1.53 bits per heavy atom. The van der Waals surface area contributed by atoms with Gasteiger partial charge in [-0.15, -0.1) is 0 Å².